The Balaban J connectivity index is 0.00000162. The molecule has 18 heavy (non-hydrogen) atoms. The second-order valence-corrected chi connectivity index (χ2v) is 5.66. The molecule has 1 aliphatic heterocycles. The number of thiazole rings is 1. The molecule has 0 aliphatic carbocycles. The molecule has 1 aromatic rings. The van der Waals surface area contributed by atoms with Crippen molar-refractivity contribution < 1.29 is 4.74 Å². The molecule has 1 aliphatic rings. The number of nitrogens with zero attached hydrogens (tertiary/aromatic N) is 2. The fourth-order valence-electron chi connectivity index (χ4n) is 2.42. The largest absolute Gasteiger partial charge is 0.381 e. The van der Waals surface area contributed by atoms with Crippen molar-refractivity contribution in [1.29, 1.82) is 0 Å². The summed E-state index contributed by atoms with van der Waals surface area (Å²) in [4.78, 5) is 6.95. The van der Waals surface area contributed by atoms with Crippen molar-refractivity contribution in [3.05, 3.63) is 16.1 Å². The number of likely N-dealkylation sites (tertiary alicyclic amines) is 1. The van der Waals surface area contributed by atoms with Crippen LogP contribution in [-0.4, -0.2) is 42.2 Å². The first-order valence-electron chi connectivity index (χ1n) is 6.11. The van der Waals surface area contributed by atoms with Crippen molar-refractivity contribution in [3.63, 3.8) is 0 Å². The average molecular weight is 292 g/mol. The minimum Gasteiger partial charge on any atom is -0.381 e. The molecule has 1 aromatic heterocycles. The summed E-state index contributed by atoms with van der Waals surface area (Å²) in [5.74, 6) is 0. The summed E-state index contributed by atoms with van der Waals surface area (Å²) in [6, 6.07) is 0.427. The lowest BCUT2D eigenvalue weighted by Crippen LogP contribution is -2.48. The van der Waals surface area contributed by atoms with Crippen molar-refractivity contribution in [2.45, 2.75) is 38.5 Å². The Hall–Kier alpha value is -0.200. The highest BCUT2D eigenvalue weighted by Gasteiger charge is 2.27. The van der Waals surface area contributed by atoms with Crippen LogP contribution in [0.1, 0.15) is 23.5 Å². The smallest absolute Gasteiger partial charge is 0.0897 e. The standard InChI is InChI=1S/C12H21N3OS.ClH/c1-9-14-10(8-17-9)7-15-4-3-12(16-2)5-11(15)6-13;/h8,11-12H,3-7,13H2,1-2H3;1H. The highest BCUT2D eigenvalue weighted by Crippen LogP contribution is 2.21. The predicted molar refractivity (Wildman–Crippen MR) is 77.4 cm³/mol. The molecular weight excluding hydrogens is 270 g/mol. The molecule has 2 atom stereocenters. The predicted octanol–water partition coefficient (Wildman–Crippen LogP) is 1.81. The molecule has 6 heteroatoms. The molecule has 104 valence electrons. The lowest BCUT2D eigenvalue weighted by atomic mass is 9.99. The quantitative estimate of drug-likeness (QED) is 0.919. The monoisotopic (exact) mass is 291 g/mol. The van der Waals surface area contributed by atoms with E-state index in [0.717, 1.165) is 30.9 Å². The summed E-state index contributed by atoms with van der Waals surface area (Å²) in [7, 11) is 1.79. The second kappa shape index (κ2) is 7.40. The zero-order valence-electron chi connectivity index (χ0n) is 11.0. The highest BCUT2D eigenvalue weighted by atomic mass is 35.5. The summed E-state index contributed by atoms with van der Waals surface area (Å²) >= 11 is 1.71. The lowest BCUT2D eigenvalue weighted by Gasteiger charge is -2.38. The van der Waals surface area contributed by atoms with Crippen molar-refractivity contribution in [1.82, 2.24) is 9.88 Å². The van der Waals surface area contributed by atoms with Gasteiger partial charge < -0.3 is 10.5 Å². The van der Waals surface area contributed by atoms with Crippen molar-refractivity contribution in [2.24, 2.45) is 5.73 Å². The number of rotatable bonds is 4. The molecule has 0 bridgehead atoms. The molecule has 2 N–H and O–H groups in total. The van der Waals surface area contributed by atoms with Gasteiger partial charge in [-0.15, -0.1) is 23.7 Å². The van der Waals surface area contributed by atoms with E-state index in [1.54, 1.807) is 18.4 Å². The van der Waals surface area contributed by atoms with Gasteiger partial charge in [-0.3, -0.25) is 4.90 Å². The number of hydrogen-bond donors (Lipinski definition) is 1. The first kappa shape index (κ1) is 15.9. The van der Waals surface area contributed by atoms with Crippen LogP contribution in [0, 0.1) is 6.92 Å². The fraction of sp³-hybridized carbons (Fsp3) is 0.750. The van der Waals surface area contributed by atoms with E-state index in [9.17, 15) is 0 Å². The van der Waals surface area contributed by atoms with E-state index in [2.05, 4.69) is 15.3 Å². The minimum atomic E-state index is 0. The van der Waals surface area contributed by atoms with Gasteiger partial charge in [-0.2, -0.15) is 0 Å². The second-order valence-electron chi connectivity index (χ2n) is 4.60. The van der Waals surface area contributed by atoms with Gasteiger partial charge in [0.2, 0.25) is 0 Å². The number of halogens is 1. The Morgan fingerprint density at radius 3 is 2.94 bits per heavy atom. The van der Waals surface area contributed by atoms with E-state index in [4.69, 9.17) is 10.5 Å². The van der Waals surface area contributed by atoms with Gasteiger partial charge in [-0.1, -0.05) is 0 Å². The molecule has 2 rings (SSSR count). The fourth-order valence-corrected chi connectivity index (χ4v) is 3.02. The van der Waals surface area contributed by atoms with Crippen molar-refractivity contribution >= 4 is 23.7 Å². The summed E-state index contributed by atoms with van der Waals surface area (Å²) in [5.41, 5.74) is 7.02. The Labute approximate surface area is 119 Å². The first-order chi connectivity index (χ1) is 8.22. The number of methoxy groups -OCH3 is 1. The summed E-state index contributed by atoms with van der Waals surface area (Å²) in [5, 5.41) is 3.28. The average Bonchev–Trinajstić information content (AvgIpc) is 2.75. The maximum Gasteiger partial charge on any atom is 0.0897 e. The van der Waals surface area contributed by atoms with Crippen LogP contribution in [0.4, 0.5) is 0 Å². The van der Waals surface area contributed by atoms with Gasteiger partial charge in [-0.25, -0.2) is 4.98 Å². The summed E-state index contributed by atoms with van der Waals surface area (Å²) < 4.78 is 5.43. The molecule has 2 heterocycles. The van der Waals surface area contributed by atoms with E-state index < -0.39 is 0 Å². The van der Waals surface area contributed by atoms with E-state index in [1.807, 2.05) is 6.92 Å². The van der Waals surface area contributed by atoms with Crippen molar-refractivity contribution in [3.8, 4) is 0 Å². The number of nitrogens with two attached hydrogens (primary N) is 1. The van der Waals surface area contributed by atoms with Crippen LogP contribution >= 0.6 is 23.7 Å². The molecule has 0 saturated carbocycles. The first-order valence-corrected chi connectivity index (χ1v) is 6.98. The van der Waals surface area contributed by atoms with Crippen LogP contribution < -0.4 is 5.73 Å². The SMILES string of the molecule is COC1CCN(Cc2csc(C)n2)C(CN)C1.Cl. The van der Waals surface area contributed by atoms with Gasteiger partial charge in [0.15, 0.2) is 0 Å². The highest BCUT2D eigenvalue weighted by molar-refractivity contribution is 7.09. The Morgan fingerprint density at radius 2 is 2.39 bits per heavy atom. The topological polar surface area (TPSA) is 51.4 Å². The van der Waals surface area contributed by atoms with Crippen molar-refractivity contribution in [2.75, 3.05) is 20.2 Å². The summed E-state index contributed by atoms with van der Waals surface area (Å²) in [6.07, 6.45) is 2.50. The van der Waals surface area contributed by atoms with E-state index in [0.29, 0.717) is 18.7 Å². The number of aryl methyl sites for hydroxylation is 1. The van der Waals surface area contributed by atoms with Gasteiger partial charge in [0.1, 0.15) is 0 Å². The molecule has 0 aromatic carbocycles. The summed E-state index contributed by atoms with van der Waals surface area (Å²) in [6.45, 7) is 4.72. The van der Waals surface area contributed by atoms with Crippen LogP contribution in [0.5, 0.6) is 0 Å². The number of ether oxygens (including phenoxy) is 1. The Morgan fingerprint density at radius 1 is 1.61 bits per heavy atom. The number of piperidine rings is 1. The molecule has 1 fully saturated rings. The van der Waals surface area contributed by atoms with Crippen LogP contribution in [-0.2, 0) is 11.3 Å². The third kappa shape index (κ3) is 3.90. The van der Waals surface area contributed by atoms with E-state index >= 15 is 0 Å². The molecule has 0 spiro atoms. The molecule has 0 amide bonds. The third-order valence-corrected chi connectivity index (χ3v) is 4.25. The zero-order valence-corrected chi connectivity index (χ0v) is 12.6. The Kier molecular flexibility index (Phi) is 6.52. The van der Waals surface area contributed by atoms with Crippen LogP contribution in [0.2, 0.25) is 0 Å². The zero-order chi connectivity index (χ0) is 12.3. The van der Waals surface area contributed by atoms with E-state index in [1.165, 1.54) is 5.69 Å². The maximum atomic E-state index is 5.85. The van der Waals surface area contributed by atoms with Gasteiger partial charge in [-0.05, 0) is 19.8 Å². The maximum absolute atomic E-state index is 5.85. The lowest BCUT2D eigenvalue weighted by molar-refractivity contribution is 0.00983. The van der Waals surface area contributed by atoms with Gasteiger partial charge in [0, 0.05) is 38.2 Å². The molecular formula is C12H22ClN3OS. The van der Waals surface area contributed by atoms with E-state index in [-0.39, 0.29) is 12.4 Å². The van der Waals surface area contributed by atoms with Crippen LogP contribution in [0.15, 0.2) is 5.38 Å². The van der Waals surface area contributed by atoms with Gasteiger partial charge in [0.05, 0.1) is 16.8 Å². The van der Waals surface area contributed by atoms with Gasteiger partial charge >= 0.3 is 0 Å². The number of hydrogen-bond acceptors (Lipinski definition) is 5. The Bertz CT molecular complexity index is 361. The van der Waals surface area contributed by atoms with Crippen LogP contribution in [0.25, 0.3) is 0 Å². The van der Waals surface area contributed by atoms with Crippen LogP contribution in [0.3, 0.4) is 0 Å². The van der Waals surface area contributed by atoms with Gasteiger partial charge in [0.25, 0.3) is 0 Å². The molecule has 0 radical (unpaired) electrons. The normalized spacial score (nSPS) is 24.8. The third-order valence-electron chi connectivity index (χ3n) is 3.43. The number of aromatic nitrogens is 1. The molecule has 1 saturated heterocycles. The molecule has 2 unspecified atom stereocenters. The molecule has 4 nitrogen and oxygen atoms in total. The minimum absolute atomic E-state index is 0.